The first-order valence-corrected chi connectivity index (χ1v) is 9.13. The number of nitrogens with zero attached hydrogens (tertiary/aromatic N) is 1. The lowest BCUT2D eigenvalue weighted by atomic mass is 9.97. The van der Waals surface area contributed by atoms with Crippen LogP contribution >= 0.6 is 0 Å². The number of carbonyl (C=O) groups excluding carboxylic acids is 2. The number of rotatable bonds is 5. The van der Waals surface area contributed by atoms with Crippen molar-refractivity contribution in [1.29, 1.82) is 0 Å². The summed E-state index contributed by atoms with van der Waals surface area (Å²) in [7, 11) is 0. The first kappa shape index (κ1) is 18.3. The van der Waals surface area contributed by atoms with E-state index in [1.807, 2.05) is 26.8 Å². The van der Waals surface area contributed by atoms with Gasteiger partial charge in [0.2, 0.25) is 0 Å². The molecule has 0 spiro atoms. The summed E-state index contributed by atoms with van der Waals surface area (Å²) >= 11 is 0. The van der Waals surface area contributed by atoms with Crippen molar-refractivity contribution in [3.05, 3.63) is 64.5 Å². The van der Waals surface area contributed by atoms with Crippen molar-refractivity contribution < 1.29 is 9.59 Å². The Balaban J connectivity index is 1.76. The highest BCUT2D eigenvalue weighted by Crippen LogP contribution is 2.25. The summed E-state index contributed by atoms with van der Waals surface area (Å²) in [5.41, 5.74) is 5.35. The molecule has 1 N–H and O–H groups in total. The van der Waals surface area contributed by atoms with Gasteiger partial charge in [-0.2, -0.15) is 0 Å². The van der Waals surface area contributed by atoms with E-state index in [1.165, 1.54) is 11.1 Å². The molecule has 0 saturated carbocycles. The minimum absolute atomic E-state index is 0.00337. The van der Waals surface area contributed by atoms with Gasteiger partial charge in [0.05, 0.1) is 11.7 Å². The first-order chi connectivity index (χ1) is 12.4. The number of aromatic amines is 1. The molecule has 26 heavy (non-hydrogen) atoms. The number of aromatic nitrogens is 1. The number of hydrogen-bond acceptors (Lipinski definition) is 3. The van der Waals surface area contributed by atoms with Gasteiger partial charge in [-0.15, -0.1) is 0 Å². The zero-order valence-electron chi connectivity index (χ0n) is 15.9. The lowest BCUT2D eigenvalue weighted by Crippen LogP contribution is -2.41. The van der Waals surface area contributed by atoms with Gasteiger partial charge >= 0.3 is 0 Å². The highest BCUT2D eigenvalue weighted by atomic mass is 16.1. The van der Waals surface area contributed by atoms with Crippen LogP contribution in [0.3, 0.4) is 0 Å². The molecule has 2 heterocycles. The van der Waals surface area contributed by atoms with Crippen LogP contribution in [0.25, 0.3) is 5.57 Å². The summed E-state index contributed by atoms with van der Waals surface area (Å²) in [6.45, 7) is 8.81. The second-order valence-corrected chi connectivity index (χ2v) is 7.06. The van der Waals surface area contributed by atoms with Crippen LogP contribution in [0.1, 0.15) is 57.9 Å². The van der Waals surface area contributed by atoms with E-state index in [4.69, 9.17) is 0 Å². The normalized spacial score (nSPS) is 16.2. The number of ketones is 2. The standard InChI is InChI=1S/C22H26N2O2/c1-14-20(17(4)25)15(2)23-21(14)22(26)16(3)24-12-10-19(11-13-24)18-8-6-5-7-9-18/h5-10,16,23H,11-13H2,1-4H3/t16-/m1/s1. The molecule has 3 rings (SSSR count). The van der Waals surface area contributed by atoms with Crippen LogP contribution < -0.4 is 0 Å². The highest BCUT2D eigenvalue weighted by Gasteiger charge is 2.28. The molecule has 1 aliphatic rings. The van der Waals surface area contributed by atoms with Crippen molar-refractivity contribution in [2.45, 2.75) is 40.2 Å². The molecule has 0 bridgehead atoms. The number of benzene rings is 1. The molecular weight excluding hydrogens is 324 g/mol. The van der Waals surface area contributed by atoms with Crippen LogP contribution in [0, 0.1) is 13.8 Å². The number of H-pyrrole nitrogens is 1. The Hall–Kier alpha value is -2.46. The van der Waals surface area contributed by atoms with Gasteiger partial charge in [0.1, 0.15) is 0 Å². The van der Waals surface area contributed by atoms with Crippen molar-refractivity contribution in [2.24, 2.45) is 0 Å². The van der Waals surface area contributed by atoms with Crippen LogP contribution in [0.5, 0.6) is 0 Å². The number of hydrogen-bond donors (Lipinski definition) is 1. The Labute approximate surface area is 154 Å². The van der Waals surface area contributed by atoms with E-state index in [-0.39, 0.29) is 17.6 Å². The second-order valence-electron chi connectivity index (χ2n) is 7.06. The molecule has 136 valence electrons. The van der Waals surface area contributed by atoms with Gasteiger partial charge < -0.3 is 4.98 Å². The van der Waals surface area contributed by atoms with Gasteiger partial charge in [0.15, 0.2) is 11.6 Å². The highest BCUT2D eigenvalue weighted by molar-refractivity contribution is 6.05. The summed E-state index contributed by atoms with van der Waals surface area (Å²) in [6.07, 6.45) is 3.15. The fourth-order valence-electron chi connectivity index (χ4n) is 3.85. The molecule has 0 fully saturated rings. The Kier molecular flexibility index (Phi) is 5.23. The molecule has 1 aliphatic heterocycles. The zero-order valence-corrected chi connectivity index (χ0v) is 15.9. The van der Waals surface area contributed by atoms with Crippen LogP contribution in [-0.4, -0.2) is 40.6 Å². The molecule has 0 unspecified atom stereocenters. The summed E-state index contributed by atoms with van der Waals surface area (Å²) in [4.78, 5) is 30.1. The quantitative estimate of drug-likeness (QED) is 0.823. The van der Waals surface area contributed by atoms with Gasteiger partial charge in [-0.05, 0) is 50.8 Å². The van der Waals surface area contributed by atoms with Gasteiger partial charge in [0, 0.05) is 24.3 Å². The molecular formula is C22H26N2O2. The molecule has 0 aliphatic carbocycles. The fraction of sp³-hybridized carbons (Fsp3) is 0.364. The van der Waals surface area contributed by atoms with Crippen molar-refractivity contribution >= 4 is 17.1 Å². The number of aryl methyl sites for hydroxylation is 1. The maximum absolute atomic E-state index is 13.0. The molecule has 0 saturated heterocycles. The second kappa shape index (κ2) is 7.42. The summed E-state index contributed by atoms with van der Waals surface area (Å²) < 4.78 is 0. The molecule has 2 aromatic rings. The van der Waals surface area contributed by atoms with Gasteiger partial charge in [-0.1, -0.05) is 36.4 Å². The van der Waals surface area contributed by atoms with Crippen molar-refractivity contribution in [1.82, 2.24) is 9.88 Å². The van der Waals surface area contributed by atoms with Crippen LogP contribution in [0.15, 0.2) is 36.4 Å². The molecule has 1 atom stereocenters. The number of nitrogens with one attached hydrogen (secondary N) is 1. The predicted molar refractivity (Wildman–Crippen MR) is 105 cm³/mol. The summed E-state index contributed by atoms with van der Waals surface area (Å²) in [5.74, 6) is 0.0472. The summed E-state index contributed by atoms with van der Waals surface area (Å²) in [5, 5.41) is 0. The molecule has 0 amide bonds. The van der Waals surface area contributed by atoms with Crippen LogP contribution in [0.2, 0.25) is 0 Å². The third-order valence-corrected chi connectivity index (χ3v) is 5.35. The average molecular weight is 350 g/mol. The predicted octanol–water partition coefficient (Wildman–Crippen LogP) is 4.19. The van der Waals surface area contributed by atoms with E-state index < -0.39 is 0 Å². The maximum atomic E-state index is 13.0. The minimum Gasteiger partial charge on any atom is -0.355 e. The fourth-order valence-corrected chi connectivity index (χ4v) is 3.85. The Morgan fingerprint density at radius 2 is 1.85 bits per heavy atom. The Morgan fingerprint density at radius 1 is 1.15 bits per heavy atom. The smallest absolute Gasteiger partial charge is 0.196 e. The molecule has 4 heteroatoms. The van der Waals surface area contributed by atoms with Crippen LogP contribution in [-0.2, 0) is 0 Å². The van der Waals surface area contributed by atoms with E-state index in [9.17, 15) is 9.59 Å². The Bertz CT molecular complexity index is 862. The van der Waals surface area contributed by atoms with Crippen molar-refractivity contribution in [2.75, 3.05) is 13.1 Å². The SMILES string of the molecule is CC(=O)c1c(C)[nH]c(C(=O)[C@@H](C)N2CC=C(c3ccccc3)CC2)c1C. The summed E-state index contributed by atoms with van der Waals surface area (Å²) in [6, 6.07) is 10.2. The van der Waals surface area contributed by atoms with Crippen molar-refractivity contribution in [3.63, 3.8) is 0 Å². The van der Waals surface area contributed by atoms with Gasteiger partial charge in [0.25, 0.3) is 0 Å². The van der Waals surface area contributed by atoms with E-state index in [1.54, 1.807) is 6.92 Å². The van der Waals surface area contributed by atoms with Crippen LogP contribution in [0.4, 0.5) is 0 Å². The number of Topliss-reactive ketones (excluding diaryl/α,β-unsaturated/α-hetero) is 2. The van der Waals surface area contributed by atoms with E-state index in [0.29, 0.717) is 11.3 Å². The van der Waals surface area contributed by atoms with E-state index in [2.05, 4.69) is 40.2 Å². The lowest BCUT2D eigenvalue weighted by molar-refractivity contribution is 0.0846. The lowest BCUT2D eigenvalue weighted by Gasteiger charge is -2.31. The maximum Gasteiger partial charge on any atom is 0.196 e. The molecule has 4 nitrogen and oxygen atoms in total. The Morgan fingerprint density at radius 3 is 2.38 bits per heavy atom. The van der Waals surface area contributed by atoms with Gasteiger partial charge in [-0.25, -0.2) is 0 Å². The first-order valence-electron chi connectivity index (χ1n) is 9.13. The average Bonchev–Trinajstić information content (AvgIpc) is 2.95. The molecule has 1 aromatic heterocycles. The number of carbonyl (C=O) groups is 2. The minimum atomic E-state index is -0.222. The molecule has 1 aromatic carbocycles. The van der Waals surface area contributed by atoms with Gasteiger partial charge in [-0.3, -0.25) is 14.5 Å². The van der Waals surface area contributed by atoms with E-state index >= 15 is 0 Å². The monoisotopic (exact) mass is 350 g/mol. The zero-order chi connectivity index (χ0) is 18.8. The van der Waals surface area contributed by atoms with Crippen molar-refractivity contribution in [3.8, 4) is 0 Å². The van der Waals surface area contributed by atoms with E-state index in [0.717, 1.165) is 30.8 Å². The third kappa shape index (κ3) is 3.42. The largest absolute Gasteiger partial charge is 0.355 e. The topological polar surface area (TPSA) is 53.2 Å². The third-order valence-electron chi connectivity index (χ3n) is 5.35. The molecule has 0 radical (unpaired) electrons.